The Bertz CT molecular complexity index is 998. The number of benzene rings is 1. The lowest BCUT2D eigenvalue weighted by atomic mass is 10.1. The van der Waals surface area contributed by atoms with Crippen LogP contribution < -0.4 is 14.8 Å². The Hall–Kier alpha value is -2.80. The van der Waals surface area contributed by atoms with Crippen LogP contribution in [-0.4, -0.2) is 48.7 Å². The number of methoxy groups -OCH3 is 2. The van der Waals surface area contributed by atoms with E-state index in [0.29, 0.717) is 19.8 Å². The van der Waals surface area contributed by atoms with Crippen LogP contribution in [0.25, 0.3) is 16.5 Å². The smallest absolute Gasteiger partial charge is 0.158 e. The van der Waals surface area contributed by atoms with Crippen LogP contribution in [0.2, 0.25) is 0 Å². The minimum Gasteiger partial charge on any atom is -0.494 e. The minimum absolute atomic E-state index is 0.600. The second kappa shape index (κ2) is 9.13. The van der Waals surface area contributed by atoms with Crippen molar-refractivity contribution in [2.24, 2.45) is 0 Å². The predicted octanol–water partition coefficient (Wildman–Crippen LogP) is 4.20. The van der Waals surface area contributed by atoms with Crippen molar-refractivity contribution in [3.05, 3.63) is 35.3 Å². The van der Waals surface area contributed by atoms with Crippen molar-refractivity contribution in [3.8, 4) is 17.2 Å². The fraction of sp³-hybridized carbons (Fsp3) is 0.455. The first kappa shape index (κ1) is 20.9. The number of hydrogen-bond acceptors (Lipinski definition) is 6. The summed E-state index contributed by atoms with van der Waals surface area (Å²) in [4.78, 5) is 0. The summed E-state index contributed by atoms with van der Waals surface area (Å²) in [5.74, 6) is 2.34. The molecule has 0 bridgehead atoms. The zero-order valence-corrected chi connectivity index (χ0v) is 18.1. The average Bonchev–Trinajstić information content (AvgIpc) is 2.99. The maximum absolute atomic E-state index is 5.77. The first-order valence-electron chi connectivity index (χ1n) is 9.92. The Kier molecular flexibility index (Phi) is 6.59. The Morgan fingerprint density at radius 3 is 2.45 bits per heavy atom. The van der Waals surface area contributed by atoms with Gasteiger partial charge in [0.2, 0.25) is 0 Å². The van der Waals surface area contributed by atoms with E-state index < -0.39 is 0 Å². The summed E-state index contributed by atoms with van der Waals surface area (Å²) in [5, 5.41) is 14.3. The molecular weight excluding hydrogens is 368 g/mol. The predicted molar refractivity (Wildman–Crippen MR) is 116 cm³/mol. The van der Waals surface area contributed by atoms with Gasteiger partial charge in [-0.3, -0.25) is 0 Å². The fourth-order valence-corrected chi connectivity index (χ4v) is 3.70. The van der Waals surface area contributed by atoms with Gasteiger partial charge in [-0.05, 0) is 39.3 Å². The number of anilines is 1. The van der Waals surface area contributed by atoms with Gasteiger partial charge in [0.1, 0.15) is 11.5 Å². The number of aromatic nitrogens is 3. The molecule has 0 amide bonds. The number of hydrogen-bond donors (Lipinski definition) is 1. The summed E-state index contributed by atoms with van der Waals surface area (Å²) in [6, 6.07) is 5.96. The number of rotatable bonds is 9. The lowest BCUT2D eigenvalue weighted by Crippen LogP contribution is -2.10. The van der Waals surface area contributed by atoms with Crippen molar-refractivity contribution in [1.82, 2.24) is 14.8 Å². The lowest BCUT2D eigenvalue weighted by molar-refractivity contribution is 0.210. The molecule has 7 nitrogen and oxygen atoms in total. The van der Waals surface area contributed by atoms with Crippen LogP contribution in [0.4, 0.5) is 5.82 Å². The molecule has 0 saturated carbocycles. The van der Waals surface area contributed by atoms with E-state index in [-0.39, 0.29) is 0 Å². The van der Waals surface area contributed by atoms with Gasteiger partial charge in [0, 0.05) is 41.9 Å². The number of fused-ring (bicyclic) bond motifs is 1. The molecule has 3 rings (SSSR count). The molecule has 0 fully saturated rings. The van der Waals surface area contributed by atoms with Gasteiger partial charge in [0.05, 0.1) is 31.7 Å². The summed E-state index contributed by atoms with van der Waals surface area (Å²) in [6.07, 6.45) is 0.962. The van der Waals surface area contributed by atoms with Crippen molar-refractivity contribution in [2.75, 3.05) is 39.3 Å². The number of ether oxygens (including phenoxy) is 3. The third-order valence-electron chi connectivity index (χ3n) is 5.01. The van der Waals surface area contributed by atoms with Gasteiger partial charge in [-0.1, -0.05) is 6.92 Å². The summed E-state index contributed by atoms with van der Waals surface area (Å²) in [7, 11) is 3.37. The van der Waals surface area contributed by atoms with Crippen molar-refractivity contribution < 1.29 is 14.2 Å². The molecular formula is C22H30N4O3. The standard InChI is InChI=1S/C22H30N4O3/c1-7-11-29-17-8-9-18(19(13-17)28-6)26-15(3)20-14(2)24-25-22(21(20)16(26)4)23-10-12-27-5/h8-9,13H,7,10-12H2,1-6H3,(H,23,25). The maximum atomic E-state index is 5.77. The summed E-state index contributed by atoms with van der Waals surface area (Å²) < 4.78 is 18.8. The molecule has 2 aromatic heterocycles. The van der Waals surface area contributed by atoms with Crippen LogP contribution in [0, 0.1) is 20.8 Å². The zero-order valence-electron chi connectivity index (χ0n) is 18.1. The molecule has 1 aromatic carbocycles. The Morgan fingerprint density at radius 2 is 1.76 bits per heavy atom. The first-order valence-corrected chi connectivity index (χ1v) is 9.92. The second-order valence-electron chi connectivity index (χ2n) is 6.99. The molecule has 29 heavy (non-hydrogen) atoms. The number of nitrogens with zero attached hydrogens (tertiary/aromatic N) is 3. The van der Waals surface area contributed by atoms with Crippen LogP contribution in [0.5, 0.6) is 11.5 Å². The molecule has 156 valence electrons. The molecule has 3 aromatic rings. The molecule has 0 saturated heterocycles. The number of aryl methyl sites for hydroxylation is 3. The van der Waals surface area contributed by atoms with Crippen LogP contribution in [0.15, 0.2) is 18.2 Å². The average molecular weight is 399 g/mol. The fourth-order valence-electron chi connectivity index (χ4n) is 3.70. The van der Waals surface area contributed by atoms with E-state index in [1.165, 1.54) is 0 Å². The van der Waals surface area contributed by atoms with E-state index in [1.54, 1.807) is 14.2 Å². The first-order chi connectivity index (χ1) is 14.0. The van der Waals surface area contributed by atoms with E-state index in [1.807, 2.05) is 25.1 Å². The van der Waals surface area contributed by atoms with Crippen LogP contribution in [0.3, 0.4) is 0 Å². The van der Waals surface area contributed by atoms with E-state index in [9.17, 15) is 0 Å². The van der Waals surface area contributed by atoms with Crippen molar-refractivity contribution in [3.63, 3.8) is 0 Å². The van der Waals surface area contributed by atoms with Crippen molar-refractivity contribution in [2.45, 2.75) is 34.1 Å². The minimum atomic E-state index is 0.600. The quantitative estimate of drug-likeness (QED) is 0.545. The van der Waals surface area contributed by atoms with Gasteiger partial charge in [-0.15, -0.1) is 5.10 Å². The SMILES string of the molecule is CCCOc1ccc(-n2c(C)c3c(C)nnc(NCCOC)c3c2C)c(OC)c1. The van der Waals surface area contributed by atoms with Gasteiger partial charge in [-0.25, -0.2) is 0 Å². The monoisotopic (exact) mass is 398 g/mol. The topological polar surface area (TPSA) is 70.4 Å². The van der Waals surface area contributed by atoms with Crippen LogP contribution in [0.1, 0.15) is 30.4 Å². The summed E-state index contributed by atoms with van der Waals surface area (Å²) in [6.45, 7) is 10.2. The largest absolute Gasteiger partial charge is 0.494 e. The molecule has 0 unspecified atom stereocenters. The van der Waals surface area contributed by atoms with E-state index in [4.69, 9.17) is 14.2 Å². The van der Waals surface area contributed by atoms with Crippen LogP contribution >= 0.6 is 0 Å². The van der Waals surface area contributed by atoms with Gasteiger partial charge < -0.3 is 24.1 Å². The second-order valence-corrected chi connectivity index (χ2v) is 6.99. The molecule has 0 radical (unpaired) electrons. The molecule has 0 aliphatic carbocycles. The Morgan fingerprint density at radius 1 is 1.00 bits per heavy atom. The van der Waals surface area contributed by atoms with Gasteiger partial charge in [0.25, 0.3) is 0 Å². The Balaban J connectivity index is 2.15. The van der Waals surface area contributed by atoms with Gasteiger partial charge in [0.15, 0.2) is 5.82 Å². The summed E-state index contributed by atoms with van der Waals surface area (Å²) in [5.41, 5.74) is 4.04. The summed E-state index contributed by atoms with van der Waals surface area (Å²) >= 11 is 0. The molecule has 7 heteroatoms. The van der Waals surface area contributed by atoms with Gasteiger partial charge in [-0.2, -0.15) is 5.10 Å². The van der Waals surface area contributed by atoms with Crippen molar-refractivity contribution in [1.29, 1.82) is 0 Å². The highest BCUT2D eigenvalue weighted by Gasteiger charge is 2.21. The zero-order chi connectivity index (χ0) is 21.0. The highest BCUT2D eigenvalue weighted by molar-refractivity contribution is 5.98. The molecule has 0 spiro atoms. The third-order valence-corrected chi connectivity index (χ3v) is 5.01. The molecule has 1 N–H and O–H groups in total. The highest BCUT2D eigenvalue weighted by Crippen LogP contribution is 2.37. The molecule has 2 heterocycles. The molecule has 0 aliphatic rings. The Labute approximate surface area is 172 Å². The van der Waals surface area contributed by atoms with Gasteiger partial charge >= 0.3 is 0 Å². The lowest BCUT2D eigenvalue weighted by Gasteiger charge is -2.15. The third kappa shape index (κ3) is 4.00. The molecule has 0 aliphatic heterocycles. The van der Waals surface area contributed by atoms with E-state index >= 15 is 0 Å². The van der Waals surface area contributed by atoms with E-state index in [0.717, 1.165) is 57.3 Å². The van der Waals surface area contributed by atoms with Crippen molar-refractivity contribution >= 4 is 16.6 Å². The number of nitrogens with one attached hydrogen (secondary N) is 1. The highest BCUT2D eigenvalue weighted by atomic mass is 16.5. The molecule has 0 atom stereocenters. The van der Waals surface area contributed by atoms with E-state index in [2.05, 4.69) is 40.9 Å². The van der Waals surface area contributed by atoms with Crippen LogP contribution in [-0.2, 0) is 4.74 Å². The maximum Gasteiger partial charge on any atom is 0.158 e. The normalized spacial score (nSPS) is 11.1.